The van der Waals surface area contributed by atoms with Gasteiger partial charge in [0.1, 0.15) is 0 Å². The van der Waals surface area contributed by atoms with E-state index in [9.17, 15) is 0 Å². The van der Waals surface area contributed by atoms with Crippen LogP contribution in [0.15, 0.2) is 0 Å². The second-order valence-corrected chi connectivity index (χ2v) is 5.00. The molecule has 2 N–H and O–H groups in total. The first-order valence-corrected chi connectivity index (χ1v) is 6.61. The van der Waals surface area contributed by atoms with Crippen molar-refractivity contribution in [1.29, 1.82) is 0 Å². The first-order valence-electron chi connectivity index (χ1n) is 6.61. The molecule has 1 unspecified atom stereocenters. The first-order chi connectivity index (χ1) is 7.88. The smallest absolute Gasteiger partial charge is 0.0594 e. The van der Waals surface area contributed by atoms with Crippen LogP contribution >= 0.6 is 24.8 Å². The number of piperidine rings is 1. The van der Waals surface area contributed by atoms with Crippen LogP contribution in [0.1, 0.15) is 12.8 Å². The lowest BCUT2D eigenvalue weighted by molar-refractivity contribution is 0.0310. The molecule has 0 aromatic rings. The molecule has 0 saturated carbocycles. The van der Waals surface area contributed by atoms with Crippen LogP contribution < -0.4 is 5.73 Å². The third kappa shape index (κ3) is 6.04. The Balaban J connectivity index is 0.00000144. The Labute approximate surface area is 123 Å². The number of nitrogens with zero attached hydrogens (tertiary/aromatic N) is 2. The zero-order valence-electron chi connectivity index (χ0n) is 11.1. The molecule has 18 heavy (non-hydrogen) atoms. The largest absolute Gasteiger partial charge is 0.379 e. The molecule has 0 aromatic heterocycles. The van der Waals surface area contributed by atoms with Gasteiger partial charge in [-0.15, -0.1) is 24.8 Å². The predicted octanol–water partition coefficient (Wildman–Crippen LogP) is 0.833. The summed E-state index contributed by atoms with van der Waals surface area (Å²) in [5.74, 6) is 0.735. The SMILES string of the molecule is Cl.Cl.NCC1CCCN(CCN2CCOCC2)C1. The molecule has 0 radical (unpaired) electrons. The summed E-state index contributed by atoms with van der Waals surface area (Å²) in [4.78, 5) is 5.09. The Morgan fingerprint density at radius 2 is 1.67 bits per heavy atom. The Morgan fingerprint density at radius 3 is 2.33 bits per heavy atom. The lowest BCUT2D eigenvalue weighted by Crippen LogP contribution is -2.45. The number of morpholine rings is 1. The van der Waals surface area contributed by atoms with Crippen LogP contribution in [0.5, 0.6) is 0 Å². The molecule has 0 amide bonds. The summed E-state index contributed by atoms with van der Waals surface area (Å²) in [5.41, 5.74) is 5.75. The highest BCUT2D eigenvalue weighted by Gasteiger charge is 2.19. The van der Waals surface area contributed by atoms with Crippen molar-refractivity contribution in [3.63, 3.8) is 0 Å². The number of hydrogen-bond acceptors (Lipinski definition) is 4. The minimum atomic E-state index is 0. The van der Waals surface area contributed by atoms with E-state index < -0.39 is 0 Å². The van der Waals surface area contributed by atoms with Crippen LogP contribution in [0.25, 0.3) is 0 Å². The summed E-state index contributed by atoms with van der Waals surface area (Å²) in [6, 6.07) is 0. The van der Waals surface area contributed by atoms with E-state index in [2.05, 4.69) is 9.80 Å². The van der Waals surface area contributed by atoms with Gasteiger partial charge in [-0.1, -0.05) is 0 Å². The van der Waals surface area contributed by atoms with Crippen molar-refractivity contribution in [2.45, 2.75) is 12.8 Å². The molecule has 0 aromatic carbocycles. The zero-order chi connectivity index (χ0) is 11.2. The zero-order valence-corrected chi connectivity index (χ0v) is 12.7. The van der Waals surface area contributed by atoms with E-state index in [1.165, 1.54) is 39.0 Å². The lowest BCUT2D eigenvalue weighted by atomic mass is 9.98. The molecule has 2 heterocycles. The molecule has 2 saturated heterocycles. The molecule has 2 aliphatic heterocycles. The van der Waals surface area contributed by atoms with Crippen LogP contribution in [0.4, 0.5) is 0 Å². The van der Waals surface area contributed by atoms with Crippen LogP contribution in [-0.4, -0.2) is 68.8 Å². The van der Waals surface area contributed by atoms with E-state index in [0.717, 1.165) is 38.8 Å². The molecule has 2 rings (SSSR count). The molecule has 0 spiro atoms. The summed E-state index contributed by atoms with van der Waals surface area (Å²) in [5, 5.41) is 0. The maximum atomic E-state index is 5.75. The average molecular weight is 300 g/mol. The van der Waals surface area contributed by atoms with E-state index in [0.29, 0.717) is 0 Å². The Morgan fingerprint density at radius 1 is 1.00 bits per heavy atom. The molecule has 6 heteroatoms. The van der Waals surface area contributed by atoms with Crippen molar-refractivity contribution in [3.05, 3.63) is 0 Å². The molecule has 110 valence electrons. The van der Waals surface area contributed by atoms with Crippen LogP contribution in [-0.2, 0) is 4.74 Å². The fourth-order valence-corrected chi connectivity index (χ4v) is 2.65. The second-order valence-electron chi connectivity index (χ2n) is 5.00. The van der Waals surface area contributed by atoms with E-state index in [1.54, 1.807) is 0 Å². The number of ether oxygens (including phenoxy) is 1. The first kappa shape index (κ1) is 18.4. The van der Waals surface area contributed by atoms with Gasteiger partial charge in [-0.05, 0) is 31.8 Å². The second kappa shape index (κ2) is 10.2. The molecule has 0 bridgehead atoms. The van der Waals surface area contributed by atoms with Gasteiger partial charge in [0.15, 0.2) is 0 Å². The van der Waals surface area contributed by atoms with Crippen LogP contribution in [0.2, 0.25) is 0 Å². The normalized spacial score (nSPS) is 26.2. The van der Waals surface area contributed by atoms with Gasteiger partial charge in [0.25, 0.3) is 0 Å². The third-order valence-electron chi connectivity index (χ3n) is 3.77. The quantitative estimate of drug-likeness (QED) is 0.835. The molecular formula is C12H27Cl2N3O. The van der Waals surface area contributed by atoms with Crippen molar-refractivity contribution in [2.75, 3.05) is 59.0 Å². The van der Waals surface area contributed by atoms with Gasteiger partial charge in [-0.3, -0.25) is 4.90 Å². The van der Waals surface area contributed by atoms with Crippen LogP contribution in [0, 0.1) is 5.92 Å². The highest BCUT2D eigenvalue weighted by Crippen LogP contribution is 2.14. The summed E-state index contributed by atoms with van der Waals surface area (Å²) in [6.45, 7) is 9.76. The number of nitrogens with two attached hydrogens (primary N) is 1. The van der Waals surface area contributed by atoms with Gasteiger partial charge in [0.05, 0.1) is 13.2 Å². The Hall–Kier alpha value is 0.420. The summed E-state index contributed by atoms with van der Waals surface area (Å²) < 4.78 is 5.35. The van der Waals surface area contributed by atoms with E-state index >= 15 is 0 Å². The van der Waals surface area contributed by atoms with E-state index in [4.69, 9.17) is 10.5 Å². The van der Waals surface area contributed by atoms with Crippen molar-refractivity contribution >= 4 is 24.8 Å². The summed E-state index contributed by atoms with van der Waals surface area (Å²) in [6.07, 6.45) is 2.65. The van der Waals surface area contributed by atoms with Crippen molar-refractivity contribution in [1.82, 2.24) is 9.80 Å². The van der Waals surface area contributed by atoms with Crippen molar-refractivity contribution in [3.8, 4) is 0 Å². The average Bonchev–Trinajstić information content (AvgIpc) is 2.38. The van der Waals surface area contributed by atoms with Crippen molar-refractivity contribution < 1.29 is 4.74 Å². The maximum Gasteiger partial charge on any atom is 0.0594 e. The van der Waals surface area contributed by atoms with Crippen LogP contribution in [0.3, 0.4) is 0 Å². The monoisotopic (exact) mass is 299 g/mol. The van der Waals surface area contributed by atoms with E-state index in [-0.39, 0.29) is 24.8 Å². The lowest BCUT2D eigenvalue weighted by Gasteiger charge is -2.34. The van der Waals surface area contributed by atoms with Gasteiger partial charge in [0.2, 0.25) is 0 Å². The fourth-order valence-electron chi connectivity index (χ4n) is 2.65. The minimum Gasteiger partial charge on any atom is -0.379 e. The fraction of sp³-hybridized carbons (Fsp3) is 1.00. The van der Waals surface area contributed by atoms with Gasteiger partial charge in [0, 0.05) is 32.7 Å². The van der Waals surface area contributed by atoms with Gasteiger partial charge in [-0.2, -0.15) is 0 Å². The van der Waals surface area contributed by atoms with Crippen molar-refractivity contribution in [2.24, 2.45) is 11.7 Å². The predicted molar refractivity (Wildman–Crippen MR) is 80.0 cm³/mol. The maximum absolute atomic E-state index is 5.75. The van der Waals surface area contributed by atoms with Gasteiger partial charge >= 0.3 is 0 Å². The molecule has 1 atom stereocenters. The number of rotatable bonds is 4. The third-order valence-corrected chi connectivity index (χ3v) is 3.77. The molecule has 0 aliphatic carbocycles. The Bertz CT molecular complexity index is 204. The molecule has 2 fully saturated rings. The topological polar surface area (TPSA) is 41.7 Å². The number of halogens is 2. The minimum absolute atomic E-state index is 0. The molecule has 2 aliphatic rings. The number of hydrogen-bond donors (Lipinski definition) is 1. The highest BCUT2D eigenvalue weighted by molar-refractivity contribution is 5.85. The highest BCUT2D eigenvalue weighted by atomic mass is 35.5. The summed E-state index contributed by atoms with van der Waals surface area (Å²) >= 11 is 0. The number of likely N-dealkylation sites (tertiary alicyclic amines) is 1. The van der Waals surface area contributed by atoms with E-state index in [1.807, 2.05) is 0 Å². The standard InChI is InChI=1S/C12H25N3O.2ClH/c13-10-12-2-1-3-15(11-12)5-4-14-6-8-16-9-7-14;;/h12H,1-11,13H2;2*1H. The summed E-state index contributed by atoms with van der Waals surface area (Å²) in [7, 11) is 0. The van der Waals surface area contributed by atoms with Gasteiger partial charge < -0.3 is 15.4 Å². The molecule has 4 nitrogen and oxygen atoms in total. The molecular weight excluding hydrogens is 273 g/mol. The Kier molecular flexibility index (Phi) is 10.5. The van der Waals surface area contributed by atoms with Gasteiger partial charge in [-0.25, -0.2) is 0 Å².